The van der Waals surface area contributed by atoms with Crippen LogP contribution >= 0.6 is 0 Å². The predicted molar refractivity (Wildman–Crippen MR) is 90.5 cm³/mol. The molecule has 1 saturated heterocycles. The number of nitrogens with zero attached hydrogens (tertiary/aromatic N) is 1. The van der Waals surface area contributed by atoms with E-state index in [-0.39, 0.29) is 17.8 Å². The molecule has 1 aromatic heterocycles. The molecular formula is C18H24N2O3. The van der Waals surface area contributed by atoms with Crippen molar-refractivity contribution in [3.8, 4) is 0 Å². The van der Waals surface area contributed by atoms with Crippen molar-refractivity contribution in [2.24, 2.45) is 5.73 Å². The van der Waals surface area contributed by atoms with Gasteiger partial charge < -0.3 is 14.9 Å². The largest absolute Gasteiger partial charge is 0.423 e. The third kappa shape index (κ3) is 3.47. The zero-order valence-corrected chi connectivity index (χ0v) is 13.7. The summed E-state index contributed by atoms with van der Waals surface area (Å²) in [7, 11) is 1.76. The monoisotopic (exact) mass is 316 g/mol. The average molecular weight is 316 g/mol. The van der Waals surface area contributed by atoms with Gasteiger partial charge in [-0.1, -0.05) is 12.1 Å². The highest BCUT2D eigenvalue weighted by atomic mass is 16.5. The zero-order chi connectivity index (χ0) is 16.4. The number of methoxy groups -OCH3 is 1. The van der Waals surface area contributed by atoms with Gasteiger partial charge in [-0.25, -0.2) is 4.79 Å². The summed E-state index contributed by atoms with van der Waals surface area (Å²) in [6, 6.07) is 7.87. The van der Waals surface area contributed by atoms with Crippen molar-refractivity contribution in [2.75, 3.05) is 20.2 Å². The minimum atomic E-state index is -0.297. The van der Waals surface area contributed by atoms with Crippen LogP contribution < -0.4 is 11.4 Å². The molecule has 5 nitrogen and oxygen atoms in total. The molecule has 2 unspecified atom stereocenters. The van der Waals surface area contributed by atoms with Crippen LogP contribution in [0.4, 0.5) is 0 Å². The van der Waals surface area contributed by atoms with E-state index >= 15 is 0 Å². The van der Waals surface area contributed by atoms with Crippen LogP contribution in [0, 0.1) is 6.92 Å². The molecule has 1 aliphatic heterocycles. The Hall–Kier alpha value is -1.69. The molecule has 3 rings (SSSR count). The van der Waals surface area contributed by atoms with Crippen molar-refractivity contribution < 1.29 is 9.15 Å². The Labute approximate surface area is 136 Å². The van der Waals surface area contributed by atoms with Gasteiger partial charge in [0.2, 0.25) is 0 Å². The Morgan fingerprint density at radius 3 is 2.96 bits per heavy atom. The molecule has 0 radical (unpaired) electrons. The first-order valence-corrected chi connectivity index (χ1v) is 8.11. The van der Waals surface area contributed by atoms with E-state index in [1.54, 1.807) is 13.2 Å². The van der Waals surface area contributed by atoms with Gasteiger partial charge in [0, 0.05) is 44.2 Å². The molecule has 0 saturated carbocycles. The number of likely N-dealkylation sites (tertiary alicyclic amines) is 1. The number of benzene rings is 1. The molecule has 2 atom stereocenters. The maximum absolute atomic E-state index is 11.9. The van der Waals surface area contributed by atoms with Gasteiger partial charge in [-0.2, -0.15) is 0 Å². The van der Waals surface area contributed by atoms with E-state index < -0.39 is 0 Å². The van der Waals surface area contributed by atoms with E-state index in [4.69, 9.17) is 14.9 Å². The minimum Gasteiger partial charge on any atom is -0.423 e. The van der Waals surface area contributed by atoms with Crippen molar-refractivity contribution >= 4 is 11.0 Å². The van der Waals surface area contributed by atoms with Gasteiger partial charge in [0.05, 0.1) is 6.10 Å². The van der Waals surface area contributed by atoms with Gasteiger partial charge >= 0.3 is 5.63 Å². The summed E-state index contributed by atoms with van der Waals surface area (Å²) in [4.78, 5) is 14.2. The Bertz CT molecular complexity index is 741. The minimum absolute atomic E-state index is 0.278. The average Bonchev–Trinajstić information content (AvgIpc) is 2.54. The van der Waals surface area contributed by atoms with E-state index in [0.29, 0.717) is 18.7 Å². The summed E-state index contributed by atoms with van der Waals surface area (Å²) in [6.07, 6.45) is 2.21. The van der Waals surface area contributed by atoms with Crippen LogP contribution in [0.15, 0.2) is 33.5 Å². The van der Waals surface area contributed by atoms with Crippen LogP contribution in [0.2, 0.25) is 0 Å². The van der Waals surface area contributed by atoms with Crippen LogP contribution in [-0.4, -0.2) is 37.2 Å². The van der Waals surface area contributed by atoms with Crippen molar-refractivity contribution in [3.63, 3.8) is 0 Å². The first kappa shape index (κ1) is 16.2. The molecule has 0 spiro atoms. The van der Waals surface area contributed by atoms with Gasteiger partial charge in [0.1, 0.15) is 5.58 Å². The van der Waals surface area contributed by atoms with Crippen LogP contribution in [0.3, 0.4) is 0 Å². The summed E-state index contributed by atoms with van der Waals surface area (Å²) >= 11 is 0. The zero-order valence-electron chi connectivity index (χ0n) is 13.7. The molecule has 1 fully saturated rings. The van der Waals surface area contributed by atoms with Gasteiger partial charge in [0.15, 0.2) is 0 Å². The highest BCUT2D eigenvalue weighted by Gasteiger charge is 2.28. The summed E-state index contributed by atoms with van der Waals surface area (Å²) in [6.45, 7) is 4.22. The fraction of sp³-hybridized carbons (Fsp3) is 0.500. The standard InChI is InChI=1S/C18H24N2O3/c1-12-3-4-16-13(8-18(21)23-17(16)7-12)11-20-6-5-15(22-2)9-14(20)10-19/h3-4,7-8,14-15H,5-6,9-11,19H2,1-2H3. The summed E-state index contributed by atoms with van der Waals surface area (Å²) in [5.74, 6) is 0. The molecule has 2 heterocycles. The Morgan fingerprint density at radius 2 is 2.22 bits per heavy atom. The van der Waals surface area contributed by atoms with Gasteiger partial charge in [-0.15, -0.1) is 0 Å². The fourth-order valence-electron chi connectivity index (χ4n) is 3.42. The number of fused-ring (bicyclic) bond motifs is 1. The molecule has 23 heavy (non-hydrogen) atoms. The number of nitrogens with two attached hydrogens (primary N) is 1. The van der Waals surface area contributed by atoms with Gasteiger partial charge in [0.25, 0.3) is 0 Å². The van der Waals surface area contributed by atoms with Crippen molar-refractivity contribution in [3.05, 3.63) is 45.8 Å². The lowest BCUT2D eigenvalue weighted by Crippen LogP contribution is -2.48. The second-order valence-corrected chi connectivity index (χ2v) is 6.33. The number of aryl methyl sites for hydroxylation is 1. The third-order valence-electron chi connectivity index (χ3n) is 4.75. The van der Waals surface area contributed by atoms with Crippen LogP contribution in [-0.2, 0) is 11.3 Å². The van der Waals surface area contributed by atoms with E-state index in [9.17, 15) is 4.79 Å². The molecule has 1 aliphatic rings. The lowest BCUT2D eigenvalue weighted by molar-refractivity contribution is 0.0103. The van der Waals surface area contributed by atoms with Gasteiger partial charge in [-0.05, 0) is 37.0 Å². The first-order chi connectivity index (χ1) is 11.1. The van der Waals surface area contributed by atoms with Crippen molar-refractivity contribution in [2.45, 2.75) is 38.5 Å². The molecule has 2 aromatic rings. The Kier molecular flexibility index (Phi) is 4.80. The summed E-state index contributed by atoms with van der Waals surface area (Å²) < 4.78 is 10.8. The highest BCUT2D eigenvalue weighted by Crippen LogP contribution is 2.24. The summed E-state index contributed by atoms with van der Waals surface area (Å²) in [5.41, 5.74) is 8.40. The van der Waals surface area contributed by atoms with Crippen molar-refractivity contribution in [1.82, 2.24) is 4.90 Å². The molecule has 124 valence electrons. The number of hydrogen-bond donors (Lipinski definition) is 1. The molecule has 0 bridgehead atoms. The normalized spacial score (nSPS) is 22.6. The quantitative estimate of drug-likeness (QED) is 0.874. The van der Waals surface area contributed by atoms with E-state index in [2.05, 4.69) is 4.90 Å². The maximum atomic E-state index is 11.9. The molecule has 0 aliphatic carbocycles. The third-order valence-corrected chi connectivity index (χ3v) is 4.75. The molecule has 5 heteroatoms. The first-order valence-electron chi connectivity index (χ1n) is 8.11. The van der Waals surface area contributed by atoms with Gasteiger partial charge in [-0.3, -0.25) is 4.90 Å². The molecular weight excluding hydrogens is 292 g/mol. The maximum Gasteiger partial charge on any atom is 0.336 e. The number of rotatable bonds is 4. The van der Waals surface area contributed by atoms with E-state index in [1.807, 2.05) is 25.1 Å². The topological polar surface area (TPSA) is 68.7 Å². The van der Waals surface area contributed by atoms with Crippen LogP contribution in [0.1, 0.15) is 24.0 Å². The predicted octanol–water partition coefficient (Wildman–Crippen LogP) is 2.04. The van der Waals surface area contributed by atoms with Crippen molar-refractivity contribution in [1.29, 1.82) is 0 Å². The highest BCUT2D eigenvalue weighted by molar-refractivity contribution is 5.80. The Morgan fingerprint density at radius 1 is 1.39 bits per heavy atom. The smallest absolute Gasteiger partial charge is 0.336 e. The lowest BCUT2D eigenvalue weighted by atomic mass is 9.98. The Balaban J connectivity index is 1.90. The lowest BCUT2D eigenvalue weighted by Gasteiger charge is -2.38. The van der Waals surface area contributed by atoms with E-state index in [0.717, 1.165) is 35.9 Å². The van der Waals surface area contributed by atoms with Crippen LogP contribution in [0.5, 0.6) is 0 Å². The number of hydrogen-bond acceptors (Lipinski definition) is 5. The fourth-order valence-corrected chi connectivity index (χ4v) is 3.42. The molecule has 1 aromatic carbocycles. The van der Waals surface area contributed by atoms with Crippen LogP contribution in [0.25, 0.3) is 11.0 Å². The second-order valence-electron chi connectivity index (χ2n) is 6.33. The summed E-state index contributed by atoms with van der Waals surface area (Å²) in [5, 5.41) is 1.000. The second kappa shape index (κ2) is 6.83. The SMILES string of the molecule is COC1CCN(Cc2cc(=O)oc3cc(C)ccc23)C(CN)C1. The van der Waals surface area contributed by atoms with E-state index in [1.165, 1.54) is 0 Å². The molecule has 2 N–H and O–H groups in total. The number of ether oxygens (including phenoxy) is 1. The number of piperidine rings is 1. The molecule has 0 amide bonds.